The van der Waals surface area contributed by atoms with Crippen LogP contribution in [0.3, 0.4) is 0 Å². The molecule has 0 spiro atoms. The molecule has 2 fully saturated rings. The van der Waals surface area contributed by atoms with Crippen LogP contribution in [-0.2, 0) is 9.53 Å². The van der Waals surface area contributed by atoms with E-state index in [4.69, 9.17) is 4.74 Å². The van der Waals surface area contributed by atoms with Gasteiger partial charge in [-0.2, -0.15) is 0 Å². The number of nitrogens with one attached hydrogen (secondary N) is 1. The predicted octanol–water partition coefficient (Wildman–Crippen LogP) is 1.79. The van der Waals surface area contributed by atoms with E-state index >= 15 is 0 Å². The molecule has 2 aliphatic rings. The van der Waals surface area contributed by atoms with Crippen molar-refractivity contribution in [3.8, 4) is 0 Å². The predicted molar refractivity (Wildman–Crippen MR) is 76.1 cm³/mol. The number of rotatable bonds is 4. The Kier molecular flexibility index (Phi) is 6.11. The first kappa shape index (κ1) is 14.8. The molecule has 1 aliphatic heterocycles. The van der Waals surface area contributed by atoms with E-state index in [0.717, 1.165) is 32.6 Å². The molecule has 1 saturated heterocycles. The third-order valence-corrected chi connectivity index (χ3v) is 4.39. The lowest BCUT2D eigenvalue weighted by molar-refractivity contribution is -0.152. The zero-order valence-electron chi connectivity index (χ0n) is 12.2. The molecule has 1 heterocycles. The van der Waals surface area contributed by atoms with Crippen LogP contribution in [0.5, 0.6) is 0 Å². The first-order chi connectivity index (χ1) is 9.33. The largest absolute Gasteiger partial charge is 0.465 e. The molecule has 19 heavy (non-hydrogen) atoms. The fourth-order valence-corrected chi connectivity index (χ4v) is 3.46. The number of hydrogen-bond donors (Lipinski definition) is 1. The minimum atomic E-state index is 0.000139. The van der Waals surface area contributed by atoms with Crippen LogP contribution in [-0.4, -0.2) is 49.7 Å². The van der Waals surface area contributed by atoms with Gasteiger partial charge < -0.3 is 10.1 Å². The maximum Gasteiger partial charge on any atom is 0.323 e. The van der Waals surface area contributed by atoms with Crippen LogP contribution in [0.4, 0.5) is 0 Å². The summed E-state index contributed by atoms with van der Waals surface area (Å²) in [7, 11) is 0. The Morgan fingerprint density at radius 3 is 2.74 bits per heavy atom. The van der Waals surface area contributed by atoms with Gasteiger partial charge in [0, 0.05) is 19.6 Å². The van der Waals surface area contributed by atoms with Crippen molar-refractivity contribution in [3.05, 3.63) is 0 Å². The van der Waals surface area contributed by atoms with Gasteiger partial charge in [0.1, 0.15) is 6.04 Å². The Bertz CT molecular complexity index is 269. The smallest absolute Gasteiger partial charge is 0.323 e. The van der Waals surface area contributed by atoms with Crippen LogP contribution in [0.25, 0.3) is 0 Å². The van der Waals surface area contributed by atoms with E-state index < -0.39 is 0 Å². The van der Waals surface area contributed by atoms with E-state index in [1.807, 2.05) is 6.92 Å². The van der Waals surface area contributed by atoms with Gasteiger partial charge in [0.15, 0.2) is 0 Å². The molecule has 4 nitrogen and oxygen atoms in total. The maximum absolute atomic E-state index is 12.4. The molecule has 0 bridgehead atoms. The fraction of sp³-hybridized carbons (Fsp3) is 0.933. The number of carbonyl (C=O) groups excluding carboxylic acids is 1. The molecule has 1 N–H and O–H groups in total. The molecule has 0 aromatic carbocycles. The third kappa shape index (κ3) is 4.18. The van der Waals surface area contributed by atoms with E-state index in [9.17, 15) is 4.79 Å². The number of carbonyl (C=O) groups is 1. The molecule has 1 saturated carbocycles. The summed E-state index contributed by atoms with van der Waals surface area (Å²) in [6, 6.07) is 0.000139. The lowest BCUT2D eigenvalue weighted by atomic mass is 9.83. The summed E-state index contributed by atoms with van der Waals surface area (Å²) in [5.74, 6) is 0.516. The van der Waals surface area contributed by atoms with Crippen LogP contribution < -0.4 is 5.32 Å². The Hall–Kier alpha value is -0.610. The van der Waals surface area contributed by atoms with Crippen molar-refractivity contribution in [1.29, 1.82) is 0 Å². The highest BCUT2D eigenvalue weighted by atomic mass is 16.5. The van der Waals surface area contributed by atoms with Gasteiger partial charge in [0.25, 0.3) is 0 Å². The van der Waals surface area contributed by atoms with E-state index in [-0.39, 0.29) is 12.0 Å². The van der Waals surface area contributed by atoms with Crippen molar-refractivity contribution in [2.75, 3.05) is 32.8 Å². The SMILES string of the molecule is CCOC(=O)C(C1CCCCC1)N1CCCNCC1. The van der Waals surface area contributed by atoms with Gasteiger partial charge in [-0.3, -0.25) is 9.69 Å². The Morgan fingerprint density at radius 1 is 1.21 bits per heavy atom. The highest BCUT2D eigenvalue weighted by Gasteiger charge is 2.35. The topological polar surface area (TPSA) is 41.6 Å². The van der Waals surface area contributed by atoms with Crippen LogP contribution >= 0.6 is 0 Å². The van der Waals surface area contributed by atoms with Gasteiger partial charge in [-0.05, 0) is 38.6 Å². The minimum absolute atomic E-state index is 0.000139. The fourth-order valence-electron chi connectivity index (χ4n) is 3.46. The van der Waals surface area contributed by atoms with Crippen LogP contribution in [0.15, 0.2) is 0 Å². The maximum atomic E-state index is 12.4. The molecular formula is C15H28N2O2. The standard InChI is InChI=1S/C15H28N2O2/c1-2-19-15(18)14(13-7-4-3-5-8-13)17-11-6-9-16-10-12-17/h13-14,16H,2-12H2,1H3. The molecule has 1 aliphatic carbocycles. The van der Waals surface area contributed by atoms with Crippen molar-refractivity contribution in [1.82, 2.24) is 10.2 Å². The molecule has 2 rings (SSSR count). The summed E-state index contributed by atoms with van der Waals surface area (Å²) in [4.78, 5) is 14.7. The number of esters is 1. The Balaban J connectivity index is 2.04. The van der Waals surface area contributed by atoms with Gasteiger partial charge in [0.2, 0.25) is 0 Å². The molecule has 0 radical (unpaired) electrons. The molecule has 1 unspecified atom stereocenters. The van der Waals surface area contributed by atoms with Gasteiger partial charge >= 0.3 is 5.97 Å². The van der Waals surface area contributed by atoms with Gasteiger partial charge in [-0.15, -0.1) is 0 Å². The van der Waals surface area contributed by atoms with E-state index in [1.165, 1.54) is 32.1 Å². The zero-order chi connectivity index (χ0) is 13.5. The number of hydrogen-bond acceptors (Lipinski definition) is 4. The molecule has 0 aromatic rings. The number of ether oxygens (including phenoxy) is 1. The normalized spacial score (nSPS) is 24.7. The van der Waals surface area contributed by atoms with Crippen molar-refractivity contribution >= 4 is 5.97 Å². The molecule has 0 aromatic heterocycles. The summed E-state index contributed by atoms with van der Waals surface area (Å²) in [6.45, 7) is 6.44. The lowest BCUT2D eigenvalue weighted by Gasteiger charge is -2.36. The highest BCUT2D eigenvalue weighted by Crippen LogP contribution is 2.30. The van der Waals surface area contributed by atoms with Gasteiger partial charge in [-0.25, -0.2) is 0 Å². The second kappa shape index (κ2) is 7.85. The van der Waals surface area contributed by atoms with E-state index in [1.54, 1.807) is 0 Å². The van der Waals surface area contributed by atoms with Crippen molar-refractivity contribution in [2.24, 2.45) is 5.92 Å². The molecule has 0 amide bonds. The summed E-state index contributed by atoms with van der Waals surface area (Å²) >= 11 is 0. The summed E-state index contributed by atoms with van der Waals surface area (Å²) in [6.07, 6.45) is 7.37. The van der Waals surface area contributed by atoms with Gasteiger partial charge in [-0.1, -0.05) is 19.3 Å². The molecular weight excluding hydrogens is 240 g/mol. The molecule has 110 valence electrons. The molecule has 4 heteroatoms. The van der Waals surface area contributed by atoms with Gasteiger partial charge in [0.05, 0.1) is 6.61 Å². The second-order valence-electron chi connectivity index (χ2n) is 5.73. The lowest BCUT2D eigenvalue weighted by Crippen LogP contribution is -2.49. The Morgan fingerprint density at radius 2 is 2.00 bits per heavy atom. The minimum Gasteiger partial charge on any atom is -0.465 e. The first-order valence-electron chi connectivity index (χ1n) is 7.94. The quantitative estimate of drug-likeness (QED) is 0.789. The van der Waals surface area contributed by atoms with E-state index in [0.29, 0.717) is 12.5 Å². The summed E-state index contributed by atoms with van der Waals surface area (Å²) in [5.41, 5.74) is 0. The van der Waals surface area contributed by atoms with E-state index in [2.05, 4.69) is 10.2 Å². The summed E-state index contributed by atoms with van der Waals surface area (Å²) in [5, 5.41) is 3.41. The van der Waals surface area contributed by atoms with Crippen LogP contribution in [0.2, 0.25) is 0 Å². The van der Waals surface area contributed by atoms with Crippen molar-refractivity contribution in [3.63, 3.8) is 0 Å². The average molecular weight is 268 g/mol. The molecule has 1 atom stereocenters. The van der Waals surface area contributed by atoms with Crippen LogP contribution in [0.1, 0.15) is 45.4 Å². The zero-order valence-corrected chi connectivity index (χ0v) is 12.2. The first-order valence-corrected chi connectivity index (χ1v) is 7.94. The van der Waals surface area contributed by atoms with Crippen LogP contribution in [0, 0.1) is 5.92 Å². The Labute approximate surface area is 116 Å². The highest BCUT2D eigenvalue weighted by molar-refractivity contribution is 5.76. The monoisotopic (exact) mass is 268 g/mol. The summed E-state index contributed by atoms with van der Waals surface area (Å²) < 4.78 is 5.35. The average Bonchev–Trinajstić information content (AvgIpc) is 2.70. The second-order valence-corrected chi connectivity index (χ2v) is 5.73. The van der Waals surface area contributed by atoms with Crippen molar-refractivity contribution < 1.29 is 9.53 Å². The third-order valence-electron chi connectivity index (χ3n) is 4.39. The number of nitrogens with zero attached hydrogens (tertiary/aromatic N) is 1. The van der Waals surface area contributed by atoms with Crippen molar-refractivity contribution in [2.45, 2.75) is 51.5 Å².